The van der Waals surface area contributed by atoms with Gasteiger partial charge in [-0.05, 0) is 31.7 Å². The topological polar surface area (TPSA) is 15.3 Å². The highest BCUT2D eigenvalue weighted by molar-refractivity contribution is 4.78. The Balaban J connectivity index is 1.66. The zero-order valence-electron chi connectivity index (χ0n) is 11.0. The molecule has 0 radical (unpaired) electrons. The standard InChI is InChI=1S/C14H28N2/c1-12-3-5-14(6-4-12)7-9-16-10-8-15-11-13(16)2/h12-15H,3-11H2,1-2H3. The van der Waals surface area contributed by atoms with Gasteiger partial charge in [-0.2, -0.15) is 0 Å². The fourth-order valence-electron chi connectivity index (χ4n) is 3.18. The van der Waals surface area contributed by atoms with E-state index in [2.05, 4.69) is 24.1 Å². The van der Waals surface area contributed by atoms with Crippen molar-refractivity contribution in [3.05, 3.63) is 0 Å². The molecule has 1 saturated carbocycles. The number of hydrogen-bond donors (Lipinski definition) is 1. The predicted molar refractivity (Wildman–Crippen MR) is 69.6 cm³/mol. The number of nitrogens with one attached hydrogen (secondary N) is 1. The van der Waals surface area contributed by atoms with Crippen molar-refractivity contribution in [3.63, 3.8) is 0 Å². The first-order valence-electron chi connectivity index (χ1n) is 7.20. The average molecular weight is 224 g/mol. The van der Waals surface area contributed by atoms with E-state index in [0.717, 1.165) is 17.9 Å². The van der Waals surface area contributed by atoms with Gasteiger partial charge in [0.15, 0.2) is 0 Å². The van der Waals surface area contributed by atoms with Crippen LogP contribution in [0.25, 0.3) is 0 Å². The molecule has 1 heterocycles. The molecule has 2 rings (SSSR count). The molecule has 2 aliphatic rings. The molecule has 1 aliphatic carbocycles. The molecule has 0 amide bonds. The van der Waals surface area contributed by atoms with E-state index < -0.39 is 0 Å². The molecule has 94 valence electrons. The van der Waals surface area contributed by atoms with E-state index in [9.17, 15) is 0 Å². The van der Waals surface area contributed by atoms with Crippen LogP contribution < -0.4 is 5.32 Å². The molecule has 0 aromatic rings. The lowest BCUT2D eigenvalue weighted by Gasteiger charge is -2.35. The van der Waals surface area contributed by atoms with Gasteiger partial charge in [-0.25, -0.2) is 0 Å². The lowest BCUT2D eigenvalue weighted by atomic mass is 9.81. The van der Waals surface area contributed by atoms with Crippen LogP contribution in [0.2, 0.25) is 0 Å². The molecule has 1 saturated heterocycles. The van der Waals surface area contributed by atoms with Crippen LogP contribution in [0.5, 0.6) is 0 Å². The molecular formula is C14H28N2. The Morgan fingerprint density at radius 1 is 1.12 bits per heavy atom. The van der Waals surface area contributed by atoms with Gasteiger partial charge in [0.25, 0.3) is 0 Å². The molecule has 1 atom stereocenters. The first kappa shape index (κ1) is 12.4. The van der Waals surface area contributed by atoms with Gasteiger partial charge in [-0.3, -0.25) is 4.90 Å². The van der Waals surface area contributed by atoms with Crippen LogP contribution in [0.4, 0.5) is 0 Å². The smallest absolute Gasteiger partial charge is 0.0192 e. The predicted octanol–water partition coefficient (Wildman–Crippen LogP) is 2.50. The third-order valence-corrected chi connectivity index (χ3v) is 4.60. The van der Waals surface area contributed by atoms with Gasteiger partial charge < -0.3 is 5.32 Å². The molecule has 0 spiro atoms. The number of hydrogen-bond acceptors (Lipinski definition) is 2. The van der Waals surface area contributed by atoms with E-state index >= 15 is 0 Å². The van der Waals surface area contributed by atoms with E-state index in [1.54, 1.807) is 0 Å². The molecule has 1 N–H and O–H groups in total. The third-order valence-electron chi connectivity index (χ3n) is 4.60. The summed E-state index contributed by atoms with van der Waals surface area (Å²) in [6.07, 6.45) is 7.36. The molecule has 2 heteroatoms. The lowest BCUT2D eigenvalue weighted by Crippen LogP contribution is -2.50. The molecule has 1 unspecified atom stereocenters. The molecule has 0 aromatic heterocycles. The Labute approximate surface area is 101 Å². The van der Waals surface area contributed by atoms with Crippen LogP contribution >= 0.6 is 0 Å². The quantitative estimate of drug-likeness (QED) is 0.792. The Kier molecular flexibility index (Phi) is 4.66. The molecule has 16 heavy (non-hydrogen) atoms. The molecule has 2 fully saturated rings. The van der Waals surface area contributed by atoms with Crippen LogP contribution in [-0.4, -0.2) is 37.1 Å². The minimum Gasteiger partial charge on any atom is -0.314 e. The highest BCUT2D eigenvalue weighted by atomic mass is 15.2. The molecular weight excluding hydrogens is 196 g/mol. The highest BCUT2D eigenvalue weighted by Gasteiger charge is 2.21. The largest absolute Gasteiger partial charge is 0.314 e. The monoisotopic (exact) mass is 224 g/mol. The van der Waals surface area contributed by atoms with Crippen molar-refractivity contribution in [2.24, 2.45) is 11.8 Å². The average Bonchev–Trinajstić information content (AvgIpc) is 2.30. The zero-order chi connectivity index (χ0) is 11.4. The Hall–Kier alpha value is -0.0800. The SMILES string of the molecule is CC1CCC(CCN2CCNCC2C)CC1. The van der Waals surface area contributed by atoms with Gasteiger partial charge in [0.05, 0.1) is 0 Å². The van der Waals surface area contributed by atoms with E-state index in [1.807, 2.05) is 0 Å². The highest BCUT2D eigenvalue weighted by Crippen LogP contribution is 2.30. The van der Waals surface area contributed by atoms with Crippen molar-refractivity contribution in [2.45, 2.75) is 52.0 Å². The number of piperazine rings is 1. The van der Waals surface area contributed by atoms with Gasteiger partial charge in [0, 0.05) is 25.7 Å². The van der Waals surface area contributed by atoms with Crippen LogP contribution in [0.15, 0.2) is 0 Å². The summed E-state index contributed by atoms with van der Waals surface area (Å²) in [5.41, 5.74) is 0. The lowest BCUT2D eigenvalue weighted by molar-refractivity contribution is 0.152. The zero-order valence-corrected chi connectivity index (χ0v) is 11.0. The Bertz CT molecular complexity index is 197. The maximum absolute atomic E-state index is 3.47. The summed E-state index contributed by atoms with van der Waals surface area (Å²) in [7, 11) is 0. The minimum absolute atomic E-state index is 0.747. The molecule has 0 aromatic carbocycles. The summed E-state index contributed by atoms with van der Waals surface area (Å²) in [5, 5.41) is 3.47. The van der Waals surface area contributed by atoms with Crippen LogP contribution in [0.3, 0.4) is 0 Å². The summed E-state index contributed by atoms with van der Waals surface area (Å²) in [6.45, 7) is 9.73. The summed E-state index contributed by atoms with van der Waals surface area (Å²) < 4.78 is 0. The van der Waals surface area contributed by atoms with Gasteiger partial charge in [-0.1, -0.05) is 32.6 Å². The summed E-state index contributed by atoms with van der Waals surface area (Å²) >= 11 is 0. The second kappa shape index (κ2) is 6.02. The van der Waals surface area contributed by atoms with Crippen molar-refractivity contribution < 1.29 is 0 Å². The fraction of sp³-hybridized carbons (Fsp3) is 1.00. The normalized spacial score (nSPS) is 37.5. The summed E-state index contributed by atoms with van der Waals surface area (Å²) in [6, 6.07) is 0.747. The van der Waals surface area contributed by atoms with Gasteiger partial charge >= 0.3 is 0 Å². The van der Waals surface area contributed by atoms with Gasteiger partial charge in [-0.15, -0.1) is 0 Å². The first-order valence-corrected chi connectivity index (χ1v) is 7.20. The third kappa shape index (κ3) is 3.46. The maximum atomic E-state index is 3.47. The fourth-order valence-corrected chi connectivity index (χ4v) is 3.18. The second-order valence-corrected chi connectivity index (χ2v) is 6.00. The van der Waals surface area contributed by atoms with Crippen molar-refractivity contribution in [1.29, 1.82) is 0 Å². The van der Waals surface area contributed by atoms with E-state index in [1.165, 1.54) is 58.3 Å². The summed E-state index contributed by atoms with van der Waals surface area (Å²) in [5.74, 6) is 2.02. The summed E-state index contributed by atoms with van der Waals surface area (Å²) in [4.78, 5) is 2.68. The Morgan fingerprint density at radius 2 is 1.88 bits per heavy atom. The van der Waals surface area contributed by atoms with Crippen LogP contribution in [0, 0.1) is 11.8 Å². The van der Waals surface area contributed by atoms with Crippen LogP contribution in [0.1, 0.15) is 46.0 Å². The number of rotatable bonds is 3. The first-order chi connectivity index (χ1) is 7.75. The van der Waals surface area contributed by atoms with E-state index in [4.69, 9.17) is 0 Å². The van der Waals surface area contributed by atoms with Gasteiger partial charge in [0.2, 0.25) is 0 Å². The van der Waals surface area contributed by atoms with Crippen molar-refractivity contribution in [3.8, 4) is 0 Å². The van der Waals surface area contributed by atoms with E-state index in [0.29, 0.717) is 0 Å². The van der Waals surface area contributed by atoms with Crippen molar-refractivity contribution in [1.82, 2.24) is 10.2 Å². The number of nitrogens with zero attached hydrogens (tertiary/aromatic N) is 1. The van der Waals surface area contributed by atoms with Gasteiger partial charge in [0.1, 0.15) is 0 Å². The molecule has 2 nitrogen and oxygen atoms in total. The van der Waals surface area contributed by atoms with E-state index in [-0.39, 0.29) is 0 Å². The molecule has 1 aliphatic heterocycles. The minimum atomic E-state index is 0.747. The second-order valence-electron chi connectivity index (χ2n) is 6.00. The maximum Gasteiger partial charge on any atom is 0.0192 e. The molecule has 0 bridgehead atoms. The van der Waals surface area contributed by atoms with Crippen LogP contribution in [-0.2, 0) is 0 Å². The Morgan fingerprint density at radius 3 is 2.56 bits per heavy atom. The van der Waals surface area contributed by atoms with Crippen molar-refractivity contribution >= 4 is 0 Å². The van der Waals surface area contributed by atoms with Crippen molar-refractivity contribution in [2.75, 3.05) is 26.2 Å².